The molecule has 44 heavy (non-hydrogen) atoms. The fourth-order valence-electron chi connectivity index (χ4n) is 4.85. The Bertz CT molecular complexity index is 1670. The van der Waals surface area contributed by atoms with Crippen LogP contribution in [0.4, 0.5) is 10.8 Å². The number of aryl methyl sites for hydroxylation is 1. The lowest BCUT2D eigenvalue weighted by Crippen LogP contribution is -2.34. The number of rotatable bonds is 11. The Kier molecular flexibility index (Phi) is 11.1. The van der Waals surface area contributed by atoms with Gasteiger partial charge in [-0.05, 0) is 73.4 Å². The van der Waals surface area contributed by atoms with E-state index in [1.54, 1.807) is 74.5 Å². The zero-order valence-corrected chi connectivity index (χ0v) is 27.3. The van der Waals surface area contributed by atoms with Gasteiger partial charge in [0.25, 0.3) is 5.91 Å². The van der Waals surface area contributed by atoms with Gasteiger partial charge in [0.05, 0.1) is 10.9 Å². The molecular formula is C31H32ClN4O5PS2. The van der Waals surface area contributed by atoms with E-state index < -0.39 is 12.8 Å². The summed E-state index contributed by atoms with van der Waals surface area (Å²) in [6, 6.07) is 22.5. The van der Waals surface area contributed by atoms with Crippen LogP contribution in [0.1, 0.15) is 53.9 Å². The molecule has 1 heterocycles. The van der Waals surface area contributed by atoms with Gasteiger partial charge in [-0.15, -0.1) is 11.3 Å². The highest BCUT2D eigenvalue weighted by molar-refractivity contribution is 7.80. The van der Waals surface area contributed by atoms with E-state index in [2.05, 4.69) is 16.0 Å². The molecule has 0 saturated carbocycles. The molecule has 1 aromatic heterocycles. The van der Waals surface area contributed by atoms with Crippen LogP contribution in [-0.4, -0.2) is 31.7 Å². The zero-order chi connectivity index (χ0) is 31.9. The SMILES string of the molecule is CCC(CC)(c1ccc(NC(=O)CCc2sc(NC(=S)NC(=O)c3ccccc3)nc2-c2ccc(Cl)cc2)cc1)P(=O)(O)O. The van der Waals surface area contributed by atoms with E-state index in [0.717, 1.165) is 10.4 Å². The van der Waals surface area contributed by atoms with Crippen LogP contribution >= 0.6 is 42.8 Å². The number of carbonyl (C=O) groups excluding carboxylic acids is 2. The number of hydrogen-bond donors (Lipinski definition) is 5. The van der Waals surface area contributed by atoms with Crippen LogP contribution in [0, 0.1) is 0 Å². The molecule has 0 aliphatic rings. The lowest BCUT2D eigenvalue weighted by atomic mass is 9.92. The Morgan fingerprint density at radius 3 is 2.18 bits per heavy atom. The van der Waals surface area contributed by atoms with Crippen LogP contribution in [0.3, 0.4) is 0 Å². The number of carbonyl (C=O) groups is 2. The molecule has 0 fully saturated rings. The van der Waals surface area contributed by atoms with Gasteiger partial charge >= 0.3 is 7.60 Å². The number of thiazole rings is 1. The molecule has 2 amide bonds. The molecule has 0 atom stereocenters. The van der Waals surface area contributed by atoms with Gasteiger partial charge in [-0.25, -0.2) is 4.98 Å². The number of benzene rings is 3. The van der Waals surface area contributed by atoms with Crippen molar-refractivity contribution in [3.63, 3.8) is 0 Å². The van der Waals surface area contributed by atoms with Gasteiger partial charge in [0.1, 0.15) is 0 Å². The minimum Gasteiger partial charge on any atom is -0.326 e. The first-order chi connectivity index (χ1) is 21.0. The Morgan fingerprint density at radius 2 is 1.59 bits per heavy atom. The van der Waals surface area contributed by atoms with E-state index in [1.807, 2.05) is 18.2 Å². The Balaban J connectivity index is 1.45. The van der Waals surface area contributed by atoms with Crippen LogP contribution < -0.4 is 16.0 Å². The molecule has 9 nitrogen and oxygen atoms in total. The summed E-state index contributed by atoms with van der Waals surface area (Å²) in [6.07, 6.45) is 1.09. The zero-order valence-electron chi connectivity index (χ0n) is 24.0. The highest BCUT2D eigenvalue weighted by Crippen LogP contribution is 2.60. The third kappa shape index (κ3) is 7.98. The summed E-state index contributed by atoms with van der Waals surface area (Å²) in [6.45, 7) is 3.51. The van der Waals surface area contributed by atoms with Gasteiger partial charge in [0.2, 0.25) is 5.91 Å². The number of amides is 2. The molecule has 0 saturated heterocycles. The molecule has 0 bridgehead atoms. The van der Waals surface area contributed by atoms with Crippen molar-refractivity contribution < 1.29 is 23.9 Å². The van der Waals surface area contributed by atoms with E-state index in [1.165, 1.54) is 11.3 Å². The molecule has 13 heteroatoms. The predicted octanol–water partition coefficient (Wildman–Crippen LogP) is 7.35. The van der Waals surface area contributed by atoms with Gasteiger partial charge in [-0.1, -0.05) is 67.9 Å². The maximum absolute atomic E-state index is 12.9. The van der Waals surface area contributed by atoms with Crippen LogP contribution in [0.25, 0.3) is 11.3 Å². The Labute approximate surface area is 270 Å². The molecule has 5 N–H and O–H groups in total. The summed E-state index contributed by atoms with van der Waals surface area (Å²) in [5.74, 6) is -0.583. The summed E-state index contributed by atoms with van der Waals surface area (Å²) in [4.78, 5) is 51.0. The average Bonchev–Trinajstić information content (AvgIpc) is 3.40. The fourth-order valence-corrected chi connectivity index (χ4v) is 7.53. The molecule has 3 aromatic carbocycles. The summed E-state index contributed by atoms with van der Waals surface area (Å²) in [5.41, 5.74) is 3.00. The van der Waals surface area contributed by atoms with Gasteiger partial charge in [-0.3, -0.25) is 19.5 Å². The first kappa shape index (κ1) is 33.5. The van der Waals surface area contributed by atoms with Crippen molar-refractivity contribution in [2.45, 2.75) is 44.7 Å². The van der Waals surface area contributed by atoms with Crippen molar-refractivity contribution in [1.29, 1.82) is 0 Å². The van der Waals surface area contributed by atoms with E-state index in [0.29, 0.717) is 39.1 Å². The molecular weight excluding hydrogens is 639 g/mol. The van der Waals surface area contributed by atoms with E-state index in [9.17, 15) is 23.9 Å². The standard InChI is InChI=1S/C31H32ClN4O5PS2/c1-3-31(4-2,42(39,40)41)22-12-16-24(17-13-22)33-26(37)19-18-25-27(20-10-14-23(32)15-11-20)34-30(44-25)36-29(43)35-28(38)21-8-6-5-7-9-21/h5-17H,3-4,18-19H2,1-2H3,(H,33,37)(H2,39,40,41)(H2,34,35,36,38,43). The van der Waals surface area contributed by atoms with Crippen LogP contribution in [0.15, 0.2) is 78.9 Å². The first-order valence-corrected chi connectivity index (χ1v) is 17.1. The summed E-state index contributed by atoms with van der Waals surface area (Å²) in [7, 11) is -4.41. The first-order valence-electron chi connectivity index (χ1n) is 13.8. The Morgan fingerprint density at radius 1 is 0.955 bits per heavy atom. The average molecular weight is 671 g/mol. The summed E-state index contributed by atoms with van der Waals surface area (Å²) >= 11 is 12.8. The highest BCUT2D eigenvalue weighted by Gasteiger charge is 2.45. The van der Waals surface area contributed by atoms with Crippen molar-refractivity contribution in [2.75, 3.05) is 10.6 Å². The van der Waals surface area contributed by atoms with Gasteiger partial charge in [0.15, 0.2) is 10.2 Å². The second-order valence-electron chi connectivity index (χ2n) is 9.98. The third-order valence-electron chi connectivity index (χ3n) is 7.31. The summed E-state index contributed by atoms with van der Waals surface area (Å²) < 4.78 is 12.3. The summed E-state index contributed by atoms with van der Waals surface area (Å²) in [5, 5.41) is 8.35. The molecule has 0 radical (unpaired) electrons. The number of hydrogen-bond acceptors (Lipinski definition) is 6. The van der Waals surface area contributed by atoms with E-state index >= 15 is 0 Å². The van der Waals surface area contributed by atoms with E-state index in [4.69, 9.17) is 28.8 Å². The predicted molar refractivity (Wildman–Crippen MR) is 180 cm³/mol. The second-order valence-corrected chi connectivity index (χ2v) is 13.9. The quantitative estimate of drug-likeness (QED) is 0.0824. The van der Waals surface area contributed by atoms with Gasteiger partial charge in [0, 0.05) is 33.1 Å². The molecule has 0 aliphatic heterocycles. The van der Waals surface area contributed by atoms with Crippen molar-refractivity contribution in [3.05, 3.63) is 99.9 Å². The minimum absolute atomic E-state index is 0.0944. The van der Waals surface area contributed by atoms with Crippen molar-refractivity contribution in [2.24, 2.45) is 0 Å². The monoisotopic (exact) mass is 670 g/mol. The van der Waals surface area contributed by atoms with Crippen LogP contribution in [0.5, 0.6) is 0 Å². The van der Waals surface area contributed by atoms with Gasteiger partial charge < -0.3 is 20.4 Å². The molecule has 0 aliphatic carbocycles. The van der Waals surface area contributed by atoms with Crippen molar-refractivity contribution in [3.8, 4) is 11.3 Å². The van der Waals surface area contributed by atoms with Gasteiger partial charge in [-0.2, -0.15) is 0 Å². The number of thiocarbonyl (C=S) groups is 1. The number of anilines is 2. The number of nitrogens with one attached hydrogen (secondary N) is 3. The largest absolute Gasteiger partial charge is 0.335 e. The topological polar surface area (TPSA) is 141 Å². The number of nitrogens with zero attached hydrogens (tertiary/aromatic N) is 1. The Hall–Kier alpha value is -3.44. The van der Waals surface area contributed by atoms with Crippen molar-refractivity contribution >= 4 is 70.5 Å². The smallest absolute Gasteiger partial charge is 0.326 e. The lowest BCUT2D eigenvalue weighted by molar-refractivity contribution is -0.116. The number of halogens is 1. The van der Waals surface area contributed by atoms with Crippen LogP contribution in [-0.2, 0) is 20.9 Å². The second kappa shape index (κ2) is 14.6. The molecule has 0 unspecified atom stereocenters. The lowest BCUT2D eigenvalue weighted by Gasteiger charge is -2.33. The third-order valence-corrected chi connectivity index (χ3v) is 10.8. The van der Waals surface area contributed by atoms with E-state index in [-0.39, 0.29) is 36.2 Å². The normalized spacial score (nSPS) is 11.6. The maximum atomic E-state index is 12.9. The maximum Gasteiger partial charge on any atom is 0.335 e. The molecule has 230 valence electrons. The molecule has 4 rings (SSSR count). The number of aromatic nitrogens is 1. The fraction of sp³-hybridized carbons (Fsp3) is 0.226. The molecule has 0 spiro atoms. The van der Waals surface area contributed by atoms with Crippen molar-refractivity contribution in [1.82, 2.24) is 10.3 Å². The van der Waals surface area contributed by atoms with Crippen LogP contribution in [0.2, 0.25) is 5.02 Å². The highest BCUT2D eigenvalue weighted by atomic mass is 35.5. The molecule has 4 aromatic rings. The minimum atomic E-state index is -4.41.